The maximum atomic E-state index is 11.9. The molecule has 0 unspecified atom stereocenters. The van der Waals surface area contributed by atoms with Gasteiger partial charge in [-0.05, 0) is 45.0 Å². The molecule has 1 rings (SSSR count). The lowest BCUT2D eigenvalue weighted by molar-refractivity contribution is -0.151. The molecule has 0 aromatic heterocycles. The summed E-state index contributed by atoms with van der Waals surface area (Å²) in [6.07, 6.45) is 0. The molecule has 0 heterocycles. The Morgan fingerprint density at radius 1 is 1.11 bits per heavy atom. The van der Waals surface area contributed by atoms with Crippen LogP contribution >= 0.6 is 11.6 Å². The number of amides is 3. The standard InChI is InChI=1S/C18H24ClN3O5/c1-18(2,3)21-14(23)10-22(4)15(24)11-27-16(25)9-20-17(26)12-5-7-13(19)8-6-12/h5-8H,9-11H2,1-4H3,(H,20,26)(H,21,23). The van der Waals surface area contributed by atoms with E-state index < -0.39 is 29.9 Å². The average Bonchev–Trinajstić information content (AvgIpc) is 2.56. The Labute approximate surface area is 163 Å². The summed E-state index contributed by atoms with van der Waals surface area (Å²) in [6.45, 7) is 4.42. The minimum atomic E-state index is -0.766. The van der Waals surface area contributed by atoms with Crippen LogP contribution in [0, 0.1) is 0 Å². The number of halogens is 1. The summed E-state index contributed by atoms with van der Waals surface area (Å²) in [6, 6.07) is 6.15. The molecule has 8 nitrogen and oxygen atoms in total. The van der Waals surface area contributed by atoms with E-state index >= 15 is 0 Å². The highest BCUT2D eigenvalue weighted by atomic mass is 35.5. The van der Waals surface area contributed by atoms with Crippen LogP contribution in [0.15, 0.2) is 24.3 Å². The Morgan fingerprint density at radius 2 is 1.70 bits per heavy atom. The topological polar surface area (TPSA) is 105 Å². The van der Waals surface area contributed by atoms with Crippen molar-refractivity contribution in [3.63, 3.8) is 0 Å². The largest absolute Gasteiger partial charge is 0.454 e. The second-order valence-electron chi connectivity index (χ2n) is 6.90. The zero-order chi connectivity index (χ0) is 20.6. The van der Waals surface area contributed by atoms with E-state index in [4.69, 9.17) is 16.3 Å². The van der Waals surface area contributed by atoms with Gasteiger partial charge in [0.05, 0.1) is 6.54 Å². The quantitative estimate of drug-likeness (QED) is 0.667. The average molecular weight is 398 g/mol. The normalized spacial score (nSPS) is 10.7. The van der Waals surface area contributed by atoms with Crippen molar-refractivity contribution in [2.75, 3.05) is 26.7 Å². The van der Waals surface area contributed by atoms with E-state index in [2.05, 4.69) is 10.6 Å². The fourth-order valence-electron chi connectivity index (χ4n) is 1.92. The number of benzene rings is 1. The van der Waals surface area contributed by atoms with Gasteiger partial charge in [-0.25, -0.2) is 0 Å². The van der Waals surface area contributed by atoms with E-state index in [9.17, 15) is 19.2 Å². The number of likely N-dealkylation sites (N-methyl/N-ethyl adjacent to an activating group) is 1. The lowest BCUT2D eigenvalue weighted by atomic mass is 10.1. The lowest BCUT2D eigenvalue weighted by Crippen LogP contribution is -2.47. The van der Waals surface area contributed by atoms with Crippen molar-refractivity contribution >= 4 is 35.3 Å². The SMILES string of the molecule is CN(CC(=O)NC(C)(C)C)C(=O)COC(=O)CNC(=O)c1ccc(Cl)cc1. The van der Waals surface area contributed by atoms with Crippen molar-refractivity contribution in [1.82, 2.24) is 15.5 Å². The van der Waals surface area contributed by atoms with Gasteiger partial charge in [0.25, 0.3) is 11.8 Å². The van der Waals surface area contributed by atoms with Crippen LogP contribution in [0.25, 0.3) is 0 Å². The van der Waals surface area contributed by atoms with Gasteiger partial charge in [0.2, 0.25) is 5.91 Å². The van der Waals surface area contributed by atoms with Crippen LogP contribution in [0.2, 0.25) is 5.02 Å². The molecule has 0 aliphatic rings. The van der Waals surface area contributed by atoms with E-state index in [0.29, 0.717) is 10.6 Å². The van der Waals surface area contributed by atoms with Crippen LogP contribution in [0.3, 0.4) is 0 Å². The molecule has 3 amide bonds. The highest BCUT2D eigenvalue weighted by molar-refractivity contribution is 6.30. The Kier molecular flexibility index (Phi) is 8.24. The van der Waals surface area contributed by atoms with Crippen LogP contribution in [-0.4, -0.2) is 60.9 Å². The van der Waals surface area contributed by atoms with Gasteiger partial charge >= 0.3 is 5.97 Å². The number of carbonyl (C=O) groups is 4. The number of carbonyl (C=O) groups excluding carboxylic acids is 4. The zero-order valence-corrected chi connectivity index (χ0v) is 16.6. The number of nitrogens with one attached hydrogen (secondary N) is 2. The summed E-state index contributed by atoms with van der Waals surface area (Å²) < 4.78 is 4.82. The number of esters is 1. The minimum absolute atomic E-state index is 0.152. The van der Waals surface area contributed by atoms with Gasteiger partial charge in [0.15, 0.2) is 6.61 Å². The first kappa shape index (κ1) is 22.4. The lowest BCUT2D eigenvalue weighted by Gasteiger charge is -2.23. The Morgan fingerprint density at radius 3 is 2.26 bits per heavy atom. The van der Waals surface area contributed by atoms with E-state index in [-0.39, 0.29) is 19.0 Å². The fourth-order valence-corrected chi connectivity index (χ4v) is 2.05. The van der Waals surface area contributed by atoms with Gasteiger partial charge in [0.1, 0.15) is 6.54 Å². The summed E-state index contributed by atoms with van der Waals surface area (Å²) >= 11 is 5.74. The Bertz CT molecular complexity index is 698. The van der Waals surface area contributed by atoms with Crippen molar-refractivity contribution in [2.45, 2.75) is 26.3 Å². The fraction of sp³-hybridized carbons (Fsp3) is 0.444. The third-order valence-electron chi connectivity index (χ3n) is 3.18. The zero-order valence-electron chi connectivity index (χ0n) is 15.8. The first-order valence-corrected chi connectivity index (χ1v) is 8.60. The van der Waals surface area contributed by atoms with E-state index in [1.54, 1.807) is 12.1 Å². The summed E-state index contributed by atoms with van der Waals surface area (Å²) in [5.74, 6) is -2.08. The maximum Gasteiger partial charge on any atom is 0.325 e. The van der Waals surface area contributed by atoms with E-state index in [0.717, 1.165) is 4.90 Å². The molecule has 0 bridgehead atoms. The smallest absolute Gasteiger partial charge is 0.325 e. The Hall–Kier alpha value is -2.61. The second kappa shape index (κ2) is 9.91. The molecule has 0 fully saturated rings. The minimum Gasteiger partial charge on any atom is -0.454 e. The van der Waals surface area contributed by atoms with Gasteiger partial charge in [-0.1, -0.05) is 11.6 Å². The molecule has 0 saturated heterocycles. The third-order valence-corrected chi connectivity index (χ3v) is 3.43. The molecule has 1 aromatic rings. The first-order chi connectivity index (χ1) is 12.5. The molecule has 27 heavy (non-hydrogen) atoms. The van der Waals surface area contributed by atoms with Gasteiger partial charge < -0.3 is 20.3 Å². The number of rotatable bonds is 7. The van der Waals surface area contributed by atoms with Gasteiger partial charge in [-0.3, -0.25) is 19.2 Å². The van der Waals surface area contributed by atoms with Crippen molar-refractivity contribution in [3.8, 4) is 0 Å². The van der Waals surface area contributed by atoms with Crippen molar-refractivity contribution in [2.24, 2.45) is 0 Å². The molecule has 0 aliphatic carbocycles. The maximum absolute atomic E-state index is 11.9. The monoisotopic (exact) mass is 397 g/mol. The van der Waals surface area contributed by atoms with Crippen molar-refractivity contribution in [3.05, 3.63) is 34.9 Å². The summed E-state index contributed by atoms with van der Waals surface area (Å²) in [5, 5.41) is 5.60. The van der Waals surface area contributed by atoms with Gasteiger partial charge in [0, 0.05) is 23.2 Å². The molecule has 0 aliphatic heterocycles. The van der Waals surface area contributed by atoms with E-state index in [1.165, 1.54) is 19.2 Å². The molecule has 0 saturated carbocycles. The van der Waals surface area contributed by atoms with Crippen molar-refractivity contribution in [1.29, 1.82) is 0 Å². The number of hydrogen-bond acceptors (Lipinski definition) is 5. The molecule has 0 spiro atoms. The Balaban J connectivity index is 2.34. The first-order valence-electron chi connectivity index (χ1n) is 8.22. The summed E-state index contributed by atoms with van der Waals surface area (Å²) in [4.78, 5) is 48.4. The predicted molar refractivity (Wildman–Crippen MR) is 100 cm³/mol. The molecule has 0 radical (unpaired) electrons. The number of ether oxygens (including phenoxy) is 1. The second-order valence-corrected chi connectivity index (χ2v) is 7.33. The number of hydrogen-bond donors (Lipinski definition) is 2. The molecule has 1 aromatic carbocycles. The van der Waals surface area contributed by atoms with Crippen molar-refractivity contribution < 1.29 is 23.9 Å². The van der Waals surface area contributed by atoms with Crippen LogP contribution < -0.4 is 10.6 Å². The highest BCUT2D eigenvalue weighted by Crippen LogP contribution is 2.09. The molecule has 0 atom stereocenters. The molecular weight excluding hydrogens is 374 g/mol. The van der Waals surface area contributed by atoms with Crippen LogP contribution in [0.5, 0.6) is 0 Å². The van der Waals surface area contributed by atoms with Gasteiger partial charge in [-0.15, -0.1) is 0 Å². The predicted octanol–water partition coefficient (Wildman–Crippen LogP) is 0.986. The molecular formula is C18H24ClN3O5. The van der Waals surface area contributed by atoms with Gasteiger partial charge in [-0.2, -0.15) is 0 Å². The molecule has 148 valence electrons. The van der Waals surface area contributed by atoms with Crippen LogP contribution in [0.4, 0.5) is 0 Å². The number of nitrogens with zero attached hydrogens (tertiary/aromatic N) is 1. The third kappa shape index (κ3) is 9.05. The van der Waals surface area contributed by atoms with E-state index in [1.807, 2.05) is 20.8 Å². The summed E-state index contributed by atoms with van der Waals surface area (Å²) in [5.41, 5.74) is -0.0664. The van der Waals surface area contributed by atoms with Crippen LogP contribution in [-0.2, 0) is 19.1 Å². The molecule has 2 N–H and O–H groups in total. The summed E-state index contributed by atoms with van der Waals surface area (Å²) in [7, 11) is 1.43. The van der Waals surface area contributed by atoms with Crippen LogP contribution in [0.1, 0.15) is 31.1 Å². The highest BCUT2D eigenvalue weighted by Gasteiger charge is 2.19. The molecule has 9 heteroatoms.